The maximum absolute atomic E-state index is 13.4. The Kier molecular flexibility index (Phi) is 5.07. The molecule has 1 heterocycles. The van der Waals surface area contributed by atoms with Crippen LogP contribution in [0.1, 0.15) is 22.8 Å². The standard InChI is InChI=1S/C19H17F3N2O3/c1-2-27-17(25)12-7-9-14(10-8-12)23-18(26)24-15-6-4-3-5-13(15)11-16(24)19(20,21)22/h3-10,16H,2,11H2,1H3,(H,23,26). The Bertz CT molecular complexity index is 850. The number of amides is 2. The number of anilines is 2. The van der Waals surface area contributed by atoms with E-state index in [1.165, 1.54) is 30.3 Å². The van der Waals surface area contributed by atoms with Crippen LogP contribution in [-0.4, -0.2) is 30.8 Å². The van der Waals surface area contributed by atoms with E-state index in [1.54, 1.807) is 25.1 Å². The van der Waals surface area contributed by atoms with Gasteiger partial charge in [0.05, 0.1) is 12.2 Å². The highest BCUT2D eigenvalue weighted by atomic mass is 19.4. The molecule has 0 bridgehead atoms. The summed E-state index contributed by atoms with van der Waals surface area (Å²) in [6, 6.07) is 9.25. The molecule has 0 saturated heterocycles. The number of carbonyl (C=O) groups is 2. The van der Waals surface area contributed by atoms with E-state index < -0.39 is 24.2 Å². The van der Waals surface area contributed by atoms with Crippen LogP contribution in [0.15, 0.2) is 48.5 Å². The molecule has 142 valence electrons. The number of halogens is 3. The van der Waals surface area contributed by atoms with E-state index in [9.17, 15) is 22.8 Å². The van der Waals surface area contributed by atoms with Gasteiger partial charge in [0.1, 0.15) is 6.04 Å². The number of hydrogen-bond donors (Lipinski definition) is 1. The van der Waals surface area contributed by atoms with Gasteiger partial charge < -0.3 is 10.1 Å². The van der Waals surface area contributed by atoms with Gasteiger partial charge in [0, 0.05) is 17.8 Å². The first-order valence-electron chi connectivity index (χ1n) is 8.33. The lowest BCUT2D eigenvalue weighted by Crippen LogP contribution is -2.48. The number of carbonyl (C=O) groups excluding carboxylic acids is 2. The number of ether oxygens (including phenoxy) is 1. The van der Waals surface area contributed by atoms with Crippen molar-refractivity contribution in [1.29, 1.82) is 0 Å². The Labute approximate surface area is 153 Å². The second-order valence-electron chi connectivity index (χ2n) is 5.99. The second kappa shape index (κ2) is 7.30. The number of para-hydroxylation sites is 1. The number of esters is 1. The van der Waals surface area contributed by atoms with E-state index >= 15 is 0 Å². The van der Waals surface area contributed by atoms with Gasteiger partial charge in [-0.15, -0.1) is 0 Å². The zero-order valence-electron chi connectivity index (χ0n) is 14.4. The van der Waals surface area contributed by atoms with E-state index in [0.29, 0.717) is 5.56 Å². The van der Waals surface area contributed by atoms with Gasteiger partial charge in [0.15, 0.2) is 0 Å². The Morgan fingerprint density at radius 2 is 1.81 bits per heavy atom. The van der Waals surface area contributed by atoms with Gasteiger partial charge in [-0.25, -0.2) is 9.59 Å². The minimum atomic E-state index is -4.55. The lowest BCUT2D eigenvalue weighted by Gasteiger charge is -2.27. The largest absolute Gasteiger partial charge is 0.462 e. The van der Waals surface area contributed by atoms with Gasteiger partial charge in [-0.3, -0.25) is 4.90 Å². The summed E-state index contributed by atoms with van der Waals surface area (Å²) in [5.41, 5.74) is 1.26. The van der Waals surface area contributed by atoms with Gasteiger partial charge >= 0.3 is 18.2 Å². The molecule has 1 unspecified atom stereocenters. The van der Waals surface area contributed by atoms with Crippen molar-refractivity contribution in [3.05, 3.63) is 59.7 Å². The number of nitrogens with zero attached hydrogens (tertiary/aromatic N) is 1. The van der Waals surface area contributed by atoms with Gasteiger partial charge in [-0.2, -0.15) is 13.2 Å². The van der Waals surface area contributed by atoms with E-state index in [0.717, 1.165) is 4.90 Å². The van der Waals surface area contributed by atoms with Crippen LogP contribution in [0.3, 0.4) is 0 Å². The molecule has 1 aliphatic rings. The second-order valence-corrected chi connectivity index (χ2v) is 5.99. The lowest BCUT2D eigenvalue weighted by atomic mass is 10.1. The summed E-state index contributed by atoms with van der Waals surface area (Å²) >= 11 is 0. The fraction of sp³-hybridized carbons (Fsp3) is 0.263. The molecule has 0 aromatic heterocycles. The van der Waals surface area contributed by atoms with Crippen molar-refractivity contribution in [2.75, 3.05) is 16.8 Å². The first-order chi connectivity index (χ1) is 12.8. The molecule has 0 spiro atoms. The molecule has 0 saturated carbocycles. The number of nitrogens with one attached hydrogen (secondary N) is 1. The molecular weight excluding hydrogens is 361 g/mol. The molecule has 0 radical (unpaired) electrons. The molecular formula is C19H17F3N2O3. The number of fused-ring (bicyclic) bond motifs is 1. The molecule has 2 amide bonds. The van der Waals surface area contributed by atoms with Crippen LogP contribution in [0.25, 0.3) is 0 Å². The van der Waals surface area contributed by atoms with Crippen LogP contribution in [0, 0.1) is 0 Å². The lowest BCUT2D eigenvalue weighted by molar-refractivity contribution is -0.145. The highest BCUT2D eigenvalue weighted by Gasteiger charge is 2.50. The summed E-state index contributed by atoms with van der Waals surface area (Å²) in [5.74, 6) is -0.513. The molecule has 1 aliphatic heterocycles. The monoisotopic (exact) mass is 378 g/mol. The quantitative estimate of drug-likeness (QED) is 0.806. The molecule has 2 aromatic rings. The molecule has 0 fully saturated rings. The Hall–Kier alpha value is -3.03. The molecule has 0 aliphatic carbocycles. The highest BCUT2D eigenvalue weighted by Crippen LogP contribution is 2.39. The summed E-state index contributed by atoms with van der Waals surface area (Å²) in [4.78, 5) is 24.9. The van der Waals surface area contributed by atoms with E-state index in [-0.39, 0.29) is 30.0 Å². The van der Waals surface area contributed by atoms with Crippen molar-refractivity contribution >= 4 is 23.4 Å². The van der Waals surface area contributed by atoms with Gasteiger partial charge in [0.25, 0.3) is 0 Å². The van der Waals surface area contributed by atoms with Crippen molar-refractivity contribution in [3.63, 3.8) is 0 Å². The molecule has 2 aromatic carbocycles. The highest BCUT2D eigenvalue weighted by molar-refractivity contribution is 6.04. The van der Waals surface area contributed by atoms with Crippen LogP contribution in [0.2, 0.25) is 0 Å². The third kappa shape index (κ3) is 3.89. The summed E-state index contributed by atoms with van der Waals surface area (Å²) in [6.45, 7) is 1.90. The molecule has 27 heavy (non-hydrogen) atoms. The van der Waals surface area contributed by atoms with Crippen LogP contribution >= 0.6 is 0 Å². The maximum Gasteiger partial charge on any atom is 0.409 e. The van der Waals surface area contributed by atoms with Crippen molar-refractivity contribution in [2.24, 2.45) is 0 Å². The minimum Gasteiger partial charge on any atom is -0.462 e. The number of rotatable bonds is 3. The van der Waals surface area contributed by atoms with E-state index in [2.05, 4.69) is 5.32 Å². The van der Waals surface area contributed by atoms with Crippen molar-refractivity contribution in [1.82, 2.24) is 0 Å². The summed E-state index contributed by atoms with van der Waals surface area (Å²) in [5, 5.41) is 2.46. The molecule has 5 nitrogen and oxygen atoms in total. The molecule has 1 N–H and O–H groups in total. The fourth-order valence-corrected chi connectivity index (χ4v) is 2.99. The van der Waals surface area contributed by atoms with Crippen LogP contribution < -0.4 is 10.2 Å². The number of hydrogen-bond acceptors (Lipinski definition) is 3. The van der Waals surface area contributed by atoms with Gasteiger partial charge in [0.2, 0.25) is 0 Å². The average molecular weight is 378 g/mol. The van der Waals surface area contributed by atoms with Gasteiger partial charge in [-0.1, -0.05) is 18.2 Å². The Morgan fingerprint density at radius 3 is 2.44 bits per heavy atom. The van der Waals surface area contributed by atoms with Crippen LogP contribution in [0.4, 0.5) is 29.3 Å². The normalized spacial score (nSPS) is 16.0. The zero-order chi connectivity index (χ0) is 19.6. The number of benzene rings is 2. The fourth-order valence-electron chi connectivity index (χ4n) is 2.99. The van der Waals surface area contributed by atoms with E-state index in [4.69, 9.17) is 4.74 Å². The maximum atomic E-state index is 13.4. The first kappa shape index (κ1) is 18.8. The third-order valence-electron chi connectivity index (χ3n) is 4.22. The van der Waals surface area contributed by atoms with Gasteiger partial charge in [-0.05, 0) is 42.8 Å². The zero-order valence-corrected chi connectivity index (χ0v) is 14.4. The topological polar surface area (TPSA) is 58.6 Å². The minimum absolute atomic E-state index is 0.227. The predicted octanol–water partition coefficient (Wildman–Crippen LogP) is 4.39. The van der Waals surface area contributed by atoms with Crippen LogP contribution in [-0.2, 0) is 11.2 Å². The van der Waals surface area contributed by atoms with E-state index in [1.807, 2.05) is 0 Å². The van der Waals surface area contributed by atoms with Crippen molar-refractivity contribution in [2.45, 2.75) is 25.6 Å². The smallest absolute Gasteiger partial charge is 0.409 e. The molecule has 8 heteroatoms. The summed E-state index contributed by atoms with van der Waals surface area (Å²) in [6.07, 6.45) is -4.83. The summed E-state index contributed by atoms with van der Waals surface area (Å²) in [7, 11) is 0. The van der Waals surface area contributed by atoms with Crippen molar-refractivity contribution in [3.8, 4) is 0 Å². The Balaban J connectivity index is 1.81. The molecule has 3 rings (SSSR count). The predicted molar refractivity (Wildman–Crippen MR) is 93.9 cm³/mol. The first-order valence-corrected chi connectivity index (χ1v) is 8.33. The number of alkyl halides is 3. The summed E-state index contributed by atoms with van der Waals surface area (Å²) < 4.78 is 45.1. The van der Waals surface area contributed by atoms with Crippen molar-refractivity contribution < 1.29 is 27.5 Å². The number of urea groups is 1. The SMILES string of the molecule is CCOC(=O)c1ccc(NC(=O)N2c3ccccc3CC2C(F)(F)F)cc1. The van der Waals surface area contributed by atoms with Crippen LogP contribution in [0.5, 0.6) is 0 Å². The Morgan fingerprint density at radius 1 is 1.15 bits per heavy atom. The third-order valence-corrected chi connectivity index (χ3v) is 4.22. The molecule has 1 atom stereocenters. The average Bonchev–Trinajstić information content (AvgIpc) is 3.02.